The zero-order valence-corrected chi connectivity index (χ0v) is 27.1. The van der Waals surface area contributed by atoms with E-state index in [1.807, 2.05) is 4.90 Å². The molecule has 11 heteroatoms. The molecule has 0 bridgehead atoms. The number of methoxy groups -OCH3 is 1. The Morgan fingerprint density at radius 2 is 1.98 bits per heavy atom. The Balaban J connectivity index is 1.43. The summed E-state index contributed by atoms with van der Waals surface area (Å²) in [7, 11) is 3.63. The SMILES string of the molecule is C#Cc1cccc2cc(O)cc(-c3nc(OC)c4c(N5CCOCC(C)(O)C5)nc(OCC56CCCC5N(C)CCC6)nc4c3F)c12. The molecule has 7 rings (SSSR count). The molecule has 2 saturated heterocycles. The smallest absolute Gasteiger partial charge is 0.319 e. The van der Waals surface area contributed by atoms with Crippen molar-refractivity contribution in [2.45, 2.75) is 50.7 Å². The first-order chi connectivity index (χ1) is 22.6. The third-order valence-corrected chi connectivity index (χ3v) is 10.1. The number of phenolic OH excluding ortho intramolecular Hbond substituents is 1. The van der Waals surface area contributed by atoms with Crippen LogP contribution in [-0.2, 0) is 4.74 Å². The fourth-order valence-electron chi connectivity index (χ4n) is 8.01. The lowest BCUT2D eigenvalue weighted by molar-refractivity contribution is -0.0123. The molecule has 4 heterocycles. The number of rotatable bonds is 6. The molecular formula is C36H40FN5O5. The average Bonchev–Trinajstić information content (AvgIpc) is 3.41. The first-order valence-electron chi connectivity index (χ1n) is 16.2. The number of β-amino-alcohol motifs (C(OH)–C–C–N with tert-alkyl or cyclic N) is 1. The number of benzene rings is 2. The number of phenols is 1. The number of piperidine rings is 1. The molecule has 3 aliphatic rings. The van der Waals surface area contributed by atoms with Gasteiger partial charge in [0.1, 0.15) is 33.8 Å². The van der Waals surface area contributed by atoms with Gasteiger partial charge in [0, 0.05) is 34.5 Å². The number of hydrogen-bond donors (Lipinski definition) is 2. The fraction of sp³-hybridized carbons (Fsp3) is 0.472. The Bertz CT molecular complexity index is 1890. The van der Waals surface area contributed by atoms with Crippen LogP contribution in [0.4, 0.5) is 10.2 Å². The van der Waals surface area contributed by atoms with Crippen LogP contribution in [0.25, 0.3) is 32.9 Å². The van der Waals surface area contributed by atoms with Gasteiger partial charge in [-0.15, -0.1) is 6.42 Å². The van der Waals surface area contributed by atoms with Crippen LogP contribution in [0.5, 0.6) is 17.6 Å². The van der Waals surface area contributed by atoms with Crippen molar-refractivity contribution in [1.82, 2.24) is 19.9 Å². The van der Waals surface area contributed by atoms with Crippen LogP contribution in [0.1, 0.15) is 44.6 Å². The van der Waals surface area contributed by atoms with E-state index < -0.39 is 11.4 Å². The molecule has 2 aromatic heterocycles. The fourth-order valence-corrected chi connectivity index (χ4v) is 8.01. The average molecular weight is 642 g/mol. The molecule has 246 valence electrons. The lowest BCUT2D eigenvalue weighted by Crippen LogP contribution is -2.50. The van der Waals surface area contributed by atoms with Crippen molar-refractivity contribution in [3.8, 4) is 41.2 Å². The number of terminal acetylenes is 1. The maximum absolute atomic E-state index is 17.1. The highest BCUT2D eigenvalue weighted by molar-refractivity contribution is 6.04. The van der Waals surface area contributed by atoms with E-state index in [-0.39, 0.29) is 52.8 Å². The Morgan fingerprint density at radius 3 is 2.79 bits per heavy atom. The molecule has 3 atom stereocenters. The number of nitrogens with zero attached hydrogens (tertiary/aromatic N) is 5. The van der Waals surface area contributed by atoms with Crippen LogP contribution in [0.15, 0.2) is 30.3 Å². The quantitative estimate of drug-likeness (QED) is 0.282. The standard InChI is InChI=1S/C36H40FN5O5/c1-5-22-9-6-10-23-17-24(43)18-25(27(22)23)30-29(37)31-28(33(38-30)45-4)32(42-15-16-46-20-35(2,44)19-42)40-34(39-31)47-21-36-12-7-11-26(36)41(3)14-8-13-36/h1,6,9-10,17-18,26,43-44H,7-8,11-16,19-21H2,2-4H3. The minimum absolute atomic E-state index is 0.0304. The highest BCUT2D eigenvalue weighted by Gasteiger charge is 2.47. The number of fused-ring (bicyclic) bond motifs is 3. The molecule has 3 unspecified atom stereocenters. The number of aromatic hydroxyl groups is 1. The first kappa shape index (κ1) is 31.4. The summed E-state index contributed by atoms with van der Waals surface area (Å²) in [5, 5.41) is 23.2. The molecular weight excluding hydrogens is 601 g/mol. The molecule has 3 fully saturated rings. The maximum Gasteiger partial charge on any atom is 0.319 e. The molecule has 2 aromatic carbocycles. The molecule has 1 saturated carbocycles. The van der Waals surface area contributed by atoms with Gasteiger partial charge in [-0.2, -0.15) is 9.97 Å². The summed E-state index contributed by atoms with van der Waals surface area (Å²) < 4.78 is 35.0. The second-order valence-electron chi connectivity index (χ2n) is 13.5. The summed E-state index contributed by atoms with van der Waals surface area (Å²) in [6.07, 6.45) is 11.3. The molecule has 2 aliphatic heterocycles. The molecule has 0 radical (unpaired) electrons. The zero-order valence-electron chi connectivity index (χ0n) is 27.1. The van der Waals surface area contributed by atoms with Crippen molar-refractivity contribution in [3.63, 3.8) is 0 Å². The second-order valence-corrected chi connectivity index (χ2v) is 13.5. The van der Waals surface area contributed by atoms with Gasteiger partial charge in [-0.1, -0.05) is 24.5 Å². The van der Waals surface area contributed by atoms with Crippen molar-refractivity contribution >= 4 is 27.5 Å². The van der Waals surface area contributed by atoms with Crippen LogP contribution in [0.2, 0.25) is 0 Å². The molecule has 10 nitrogen and oxygen atoms in total. The van der Waals surface area contributed by atoms with Gasteiger partial charge < -0.3 is 34.2 Å². The Hall–Kier alpha value is -4.24. The normalized spacial score (nSPS) is 25.0. The van der Waals surface area contributed by atoms with Crippen LogP contribution in [0, 0.1) is 23.6 Å². The molecule has 0 spiro atoms. The topological polar surface area (TPSA) is 113 Å². The van der Waals surface area contributed by atoms with Gasteiger partial charge in [-0.05, 0) is 69.8 Å². The Labute approximate surface area is 273 Å². The lowest BCUT2D eigenvalue weighted by Gasteiger charge is -2.44. The van der Waals surface area contributed by atoms with E-state index in [2.05, 4.69) is 27.8 Å². The van der Waals surface area contributed by atoms with E-state index in [9.17, 15) is 10.2 Å². The van der Waals surface area contributed by atoms with Crippen LogP contribution in [-0.4, -0.2) is 95.3 Å². The van der Waals surface area contributed by atoms with E-state index in [0.29, 0.717) is 53.5 Å². The summed E-state index contributed by atoms with van der Waals surface area (Å²) in [5.41, 5.74) is -0.520. The first-order valence-corrected chi connectivity index (χ1v) is 16.2. The van der Waals surface area contributed by atoms with Gasteiger partial charge in [0.2, 0.25) is 5.88 Å². The largest absolute Gasteiger partial charge is 0.508 e. The minimum atomic E-state index is -1.19. The number of hydrogen-bond acceptors (Lipinski definition) is 10. The van der Waals surface area contributed by atoms with Crippen molar-refractivity contribution in [2.24, 2.45) is 5.41 Å². The van der Waals surface area contributed by atoms with E-state index in [0.717, 1.165) is 38.6 Å². The highest BCUT2D eigenvalue weighted by atomic mass is 19.1. The predicted octanol–water partition coefficient (Wildman–Crippen LogP) is 4.91. The number of anilines is 1. The van der Waals surface area contributed by atoms with E-state index in [1.54, 1.807) is 31.2 Å². The van der Waals surface area contributed by atoms with Crippen molar-refractivity contribution in [3.05, 3.63) is 41.7 Å². The van der Waals surface area contributed by atoms with Gasteiger partial charge >= 0.3 is 6.01 Å². The van der Waals surface area contributed by atoms with Gasteiger partial charge in [0.05, 0.1) is 33.5 Å². The molecule has 4 aromatic rings. The number of pyridine rings is 1. The Morgan fingerprint density at radius 1 is 1.15 bits per heavy atom. The van der Waals surface area contributed by atoms with Gasteiger partial charge in [0.15, 0.2) is 5.82 Å². The van der Waals surface area contributed by atoms with Gasteiger partial charge in [0.25, 0.3) is 0 Å². The molecule has 1 aliphatic carbocycles. The van der Waals surface area contributed by atoms with E-state index in [1.165, 1.54) is 13.2 Å². The van der Waals surface area contributed by atoms with Crippen LogP contribution < -0.4 is 14.4 Å². The third-order valence-electron chi connectivity index (χ3n) is 10.1. The monoisotopic (exact) mass is 641 g/mol. The number of aromatic nitrogens is 3. The van der Waals surface area contributed by atoms with Crippen LogP contribution in [0.3, 0.4) is 0 Å². The zero-order chi connectivity index (χ0) is 32.9. The summed E-state index contributed by atoms with van der Waals surface area (Å²) in [5.74, 6) is 2.29. The van der Waals surface area contributed by atoms with E-state index >= 15 is 4.39 Å². The lowest BCUT2D eigenvalue weighted by atomic mass is 9.76. The highest BCUT2D eigenvalue weighted by Crippen LogP contribution is 2.48. The maximum atomic E-state index is 17.1. The third kappa shape index (κ3) is 5.58. The number of halogens is 1. The number of ether oxygens (including phenoxy) is 3. The van der Waals surface area contributed by atoms with E-state index in [4.69, 9.17) is 25.6 Å². The van der Waals surface area contributed by atoms with Crippen molar-refractivity contribution < 1.29 is 28.8 Å². The summed E-state index contributed by atoms with van der Waals surface area (Å²) >= 11 is 0. The van der Waals surface area contributed by atoms with Gasteiger partial charge in [-0.25, -0.2) is 9.37 Å². The summed E-state index contributed by atoms with van der Waals surface area (Å²) in [4.78, 5) is 18.4. The molecule has 2 N–H and O–H groups in total. The number of likely N-dealkylation sites (tertiary alicyclic amines) is 1. The van der Waals surface area contributed by atoms with Crippen LogP contribution >= 0.6 is 0 Å². The summed E-state index contributed by atoms with van der Waals surface area (Å²) in [6.45, 7) is 4.19. The summed E-state index contributed by atoms with van der Waals surface area (Å²) in [6, 6.07) is 8.81. The number of aliphatic hydroxyl groups is 1. The predicted molar refractivity (Wildman–Crippen MR) is 177 cm³/mol. The van der Waals surface area contributed by atoms with Crippen molar-refractivity contribution in [1.29, 1.82) is 0 Å². The second kappa shape index (κ2) is 12.1. The minimum Gasteiger partial charge on any atom is -0.508 e. The Kier molecular flexibility index (Phi) is 8.07. The molecule has 0 amide bonds. The van der Waals surface area contributed by atoms with Crippen molar-refractivity contribution in [2.75, 3.05) is 58.5 Å². The molecule has 47 heavy (non-hydrogen) atoms. The van der Waals surface area contributed by atoms with Gasteiger partial charge in [-0.3, -0.25) is 0 Å².